The molecule has 0 spiro atoms. The highest BCUT2D eigenvalue weighted by Crippen LogP contribution is 2.26. The van der Waals surface area contributed by atoms with Gasteiger partial charge in [-0.2, -0.15) is 0 Å². The van der Waals surface area contributed by atoms with E-state index in [4.69, 9.17) is 16.3 Å². The van der Waals surface area contributed by atoms with Crippen LogP contribution in [0.25, 0.3) is 0 Å². The molecule has 1 atom stereocenters. The van der Waals surface area contributed by atoms with E-state index in [1.165, 1.54) is 31.5 Å². The summed E-state index contributed by atoms with van der Waals surface area (Å²) in [6.45, 7) is 8.36. The zero-order valence-corrected chi connectivity index (χ0v) is 12.0. The summed E-state index contributed by atoms with van der Waals surface area (Å²) < 4.78 is 5.45. The molecule has 1 aliphatic rings. The summed E-state index contributed by atoms with van der Waals surface area (Å²) in [6.07, 6.45) is 2.67. The molecule has 1 aromatic carbocycles. The van der Waals surface area contributed by atoms with Gasteiger partial charge in [-0.3, -0.25) is 4.90 Å². The van der Waals surface area contributed by atoms with E-state index in [0.717, 1.165) is 23.2 Å². The number of piperidine rings is 1. The number of ether oxygens (including phenoxy) is 1. The minimum absolute atomic E-state index is 0.655. The molecule has 1 fully saturated rings. The molecule has 100 valence electrons. The Morgan fingerprint density at radius 1 is 1.44 bits per heavy atom. The fourth-order valence-electron chi connectivity index (χ4n) is 2.60. The summed E-state index contributed by atoms with van der Waals surface area (Å²) in [4.78, 5) is 2.51. The van der Waals surface area contributed by atoms with E-state index in [2.05, 4.69) is 17.9 Å². The number of hydrogen-bond donors (Lipinski definition) is 0. The van der Waals surface area contributed by atoms with Gasteiger partial charge in [0.2, 0.25) is 0 Å². The van der Waals surface area contributed by atoms with Crippen molar-refractivity contribution in [1.29, 1.82) is 0 Å². The maximum Gasteiger partial charge on any atom is 0.137 e. The van der Waals surface area contributed by atoms with E-state index in [-0.39, 0.29) is 0 Å². The molecule has 1 aromatic rings. The summed E-state index contributed by atoms with van der Waals surface area (Å²) in [5, 5.41) is 0.722. The Hall–Kier alpha value is -0.730. The van der Waals surface area contributed by atoms with Crippen molar-refractivity contribution in [2.75, 3.05) is 19.7 Å². The first-order valence-electron chi connectivity index (χ1n) is 6.82. The molecular weight excluding hydrogens is 246 g/mol. The van der Waals surface area contributed by atoms with Crippen LogP contribution < -0.4 is 4.74 Å². The van der Waals surface area contributed by atoms with Crippen LogP contribution in [0.15, 0.2) is 18.2 Å². The average Bonchev–Trinajstić information content (AvgIpc) is 2.33. The second-order valence-electron chi connectivity index (χ2n) is 5.18. The van der Waals surface area contributed by atoms with Crippen LogP contribution in [0.3, 0.4) is 0 Å². The number of rotatable bonds is 4. The van der Waals surface area contributed by atoms with Gasteiger partial charge in [-0.25, -0.2) is 0 Å². The minimum atomic E-state index is 0.655. The highest BCUT2D eigenvalue weighted by molar-refractivity contribution is 6.32. The fourth-order valence-corrected chi connectivity index (χ4v) is 2.86. The molecule has 2 rings (SSSR count). The Bertz CT molecular complexity index is 394. The second-order valence-corrected chi connectivity index (χ2v) is 5.59. The van der Waals surface area contributed by atoms with Gasteiger partial charge >= 0.3 is 0 Å². The van der Waals surface area contributed by atoms with Crippen molar-refractivity contribution in [2.24, 2.45) is 5.92 Å². The summed E-state index contributed by atoms with van der Waals surface area (Å²) >= 11 is 6.21. The summed E-state index contributed by atoms with van der Waals surface area (Å²) in [6, 6.07) is 6.14. The lowest BCUT2D eigenvalue weighted by Crippen LogP contribution is -2.33. The minimum Gasteiger partial charge on any atom is -0.492 e. The summed E-state index contributed by atoms with van der Waals surface area (Å²) in [5.41, 5.74) is 1.28. The van der Waals surface area contributed by atoms with Gasteiger partial charge in [-0.05, 0) is 49.9 Å². The van der Waals surface area contributed by atoms with Crippen molar-refractivity contribution in [1.82, 2.24) is 4.90 Å². The van der Waals surface area contributed by atoms with Crippen molar-refractivity contribution in [3.05, 3.63) is 28.8 Å². The maximum absolute atomic E-state index is 6.21. The van der Waals surface area contributed by atoms with E-state index >= 15 is 0 Å². The summed E-state index contributed by atoms with van der Waals surface area (Å²) in [7, 11) is 0. The van der Waals surface area contributed by atoms with Crippen molar-refractivity contribution in [2.45, 2.75) is 33.2 Å². The first-order chi connectivity index (χ1) is 8.69. The molecule has 0 aromatic heterocycles. The Morgan fingerprint density at radius 3 is 2.94 bits per heavy atom. The second kappa shape index (κ2) is 6.44. The third-order valence-electron chi connectivity index (χ3n) is 3.44. The Kier molecular flexibility index (Phi) is 4.90. The number of halogens is 1. The van der Waals surface area contributed by atoms with Gasteiger partial charge in [-0.1, -0.05) is 24.6 Å². The monoisotopic (exact) mass is 267 g/mol. The van der Waals surface area contributed by atoms with Crippen LogP contribution in [0.5, 0.6) is 5.75 Å². The molecule has 3 heteroatoms. The van der Waals surface area contributed by atoms with E-state index < -0.39 is 0 Å². The highest BCUT2D eigenvalue weighted by atomic mass is 35.5. The zero-order chi connectivity index (χ0) is 13.0. The third kappa shape index (κ3) is 3.63. The SMILES string of the molecule is CCOc1ccc(CN2CCCC(C)C2)cc1Cl. The van der Waals surface area contributed by atoms with Crippen LogP contribution in [-0.4, -0.2) is 24.6 Å². The normalized spacial score (nSPS) is 20.9. The lowest BCUT2D eigenvalue weighted by atomic mass is 10.00. The standard InChI is InChI=1S/C15H22ClNO/c1-3-18-15-7-6-13(9-14(15)16)11-17-8-4-5-12(2)10-17/h6-7,9,12H,3-5,8,10-11H2,1-2H3. The van der Waals surface area contributed by atoms with Gasteiger partial charge in [0, 0.05) is 13.1 Å². The van der Waals surface area contributed by atoms with Crippen molar-refractivity contribution < 1.29 is 4.74 Å². The molecule has 0 aliphatic carbocycles. The zero-order valence-electron chi connectivity index (χ0n) is 11.3. The van der Waals surface area contributed by atoms with E-state index in [9.17, 15) is 0 Å². The smallest absolute Gasteiger partial charge is 0.137 e. The predicted molar refractivity (Wildman–Crippen MR) is 76.3 cm³/mol. The molecule has 1 heterocycles. The average molecular weight is 268 g/mol. The van der Waals surface area contributed by atoms with Crippen LogP contribution in [-0.2, 0) is 6.54 Å². The van der Waals surface area contributed by atoms with Gasteiger partial charge in [0.15, 0.2) is 0 Å². The van der Waals surface area contributed by atoms with Gasteiger partial charge in [0.05, 0.1) is 11.6 Å². The molecule has 0 radical (unpaired) electrons. The quantitative estimate of drug-likeness (QED) is 0.818. The van der Waals surface area contributed by atoms with Crippen molar-refractivity contribution >= 4 is 11.6 Å². The molecule has 0 bridgehead atoms. The maximum atomic E-state index is 6.21. The first-order valence-corrected chi connectivity index (χ1v) is 7.20. The van der Waals surface area contributed by atoms with Crippen molar-refractivity contribution in [3.8, 4) is 5.75 Å². The lowest BCUT2D eigenvalue weighted by Gasteiger charge is -2.30. The van der Waals surface area contributed by atoms with Crippen LogP contribution >= 0.6 is 11.6 Å². The van der Waals surface area contributed by atoms with E-state index in [1.807, 2.05) is 19.1 Å². The molecular formula is C15H22ClNO. The molecule has 1 saturated heterocycles. The number of nitrogens with zero attached hydrogens (tertiary/aromatic N) is 1. The Balaban J connectivity index is 1.99. The van der Waals surface area contributed by atoms with Gasteiger partial charge in [0.25, 0.3) is 0 Å². The topological polar surface area (TPSA) is 12.5 Å². The molecule has 18 heavy (non-hydrogen) atoms. The molecule has 1 aliphatic heterocycles. The van der Waals surface area contributed by atoms with Crippen LogP contribution in [0.4, 0.5) is 0 Å². The largest absolute Gasteiger partial charge is 0.492 e. The number of hydrogen-bond acceptors (Lipinski definition) is 2. The lowest BCUT2D eigenvalue weighted by molar-refractivity contribution is 0.176. The van der Waals surface area contributed by atoms with Crippen LogP contribution in [0.1, 0.15) is 32.3 Å². The fraction of sp³-hybridized carbons (Fsp3) is 0.600. The number of likely N-dealkylation sites (tertiary alicyclic amines) is 1. The van der Waals surface area contributed by atoms with Crippen LogP contribution in [0, 0.1) is 5.92 Å². The molecule has 1 unspecified atom stereocenters. The third-order valence-corrected chi connectivity index (χ3v) is 3.74. The van der Waals surface area contributed by atoms with Crippen LogP contribution in [0.2, 0.25) is 5.02 Å². The van der Waals surface area contributed by atoms with Gasteiger partial charge in [0.1, 0.15) is 5.75 Å². The highest BCUT2D eigenvalue weighted by Gasteiger charge is 2.16. The molecule has 0 amide bonds. The van der Waals surface area contributed by atoms with Gasteiger partial charge in [-0.15, -0.1) is 0 Å². The molecule has 0 N–H and O–H groups in total. The number of benzene rings is 1. The van der Waals surface area contributed by atoms with E-state index in [1.54, 1.807) is 0 Å². The Morgan fingerprint density at radius 2 is 2.28 bits per heavy atom. The molecule has 0 saturated carbocycles. The van der Waals surface area contributed by atoms with Crippen molar-refractivity contribution in [3.63, 3.8) is 0 Å². The summed E-state index contributed by atoms with van der Waals surface area (Å²) in [5.74, 6) is 1.60. The van der Waals surface area contributed by atoms with E-state index in [0.29, 0.717) is 6.61 Å². The molecule has 2 nitrogen and oxygen atoms in total. The predicted octanol–water partition coefficient (Wildman–Crippen LogP) is 3.97. The Labute approximate surface area is 115 Å². The van der Waals surface area contributed by atoms with Gasteiger partial charge < -0.3 is 4.74 Å². The first kappa shape index (κ1) is 13.7.